The van der Waals surface area contributed by atoms with Crippen LogP contribution in [0, 0.1) is 5.92 Å². The summed E-state index contributed by atoms with van der Waals surface area (Å²) in [5.74, 6) is 0.403. The normalized spacial score (nSPS) is 17.9. The number of carbonyl (C=O) groups excluding carboxylic acids is 1. The summed E-state index contributed by atoms with van der Waals surface area (Å²) in [6.07, 6.45) is 5.35. The number of amides is 1. The Morgan fingerprint density at radius 2 is 2.24 bits per heavy atom. The summed E-state index contributed by atoms with van der Waals surface area (Å²) in [5, 5.41) is 2.83. The Morgan fingerprint density at radius 1 is 1.41 bits per heavy atom. The van der Waals surface area contributed by atoms with Crippen LogP contribution in [0.4, 0.5) is 0 Å². The first-order valence-electron chi connectivity index (χ1n) is 6.27. The van der Waals surface area contributed by atoms with E-state index >= 15 is 0 Å². The molecule has 0 aromatic carbocycles. The fourth-order valence-electron chi connectivity index (χ4n) is 2.34. The molecule has 0 unspecified atom stereocenters. The molecule has 4 nitrogen and oxygen atoms in total. The van der Waals surface area contributed by atoms with E-state index in [9.17, 15) is 9.59 Å². The Balaban J connectivity index is 1.81. The second kappa shape index (κ2) is 4.02. The monoisotopic (exact) mass is 232 g/mol. The van der Waals surface area contributed by atoms with E-state index in [4.69, 9.17) is 0 Å². The van der Waals surface area contributed by atoms with Crippen molar-refractivity contribution < 1.29 is 4.79 Å². The molecule has 90 valence electrons. The number of hydrogen-bond acceptors (Lipinski definition) is 2. The van der Waals surface area contributed by atoms with Gasteiger partial charge in [0.25, 0.3) is 11.5 Å². The lowest BCUT2D eigenvalue weighted by Crippen LogP contribution is -2.31. The van der Waals surface area contributed by atoms with Crippen molar-refractivity contribution in [1.82, 2.24) is 10.3 Å². The van der Waals surface area contributed by atoms with E-state index in [1.54, 1.807) is 6.07 Å². The highest BCUT2D eigenvalue weighted by molar-refractivity contribution is 5.94. The largest absolute Gasteiger partial charge is 0.352 e. The second-order valence-electron chi connectivity index (χ2n) is 5.02. The molecule has 0 saturated heterocycles. The fraction of sp³-hybridized carbons (Fsp3) is 0.538. The Kier molecular flexibility index (Phi) is 2.50. The van der Waals surface area contributed by atoms with Gasteiger partial charge < -0.3 is 10.3 Å². The van der Waals surface area contributed by atoms with Crippen molar-refractivity contribution in [2.45, 2.75) is 32.1 Å². The van der Waals surface area contributed by atoms with E-state index in [2.05, 4.69) is 10.3 Å². The number of aromatic nitrogens is 1. The van der Waals surface area contributed by atoms with E-state index in [0.717, 1.165) is 30.5 Å². The quantitative estimate of drug-likeness (QED) is 0.816. The van der Waals surface area contributed by atoms with E-state index in [1.165, 1.54) is 12.8 Å². The molecule has 0 atom stereocenters. The van der Waals surface area contributed by atoms with E-state index < -0.39 is 0 Å². The van der Waals surface area contributed by atoms with Crippen LogP contribution in [0.2, 0.25) is 0 Å². The van der Waals surface area contributed by atoms with Crippen molar-refractivity contribution in [3.05, 3.63) is 33.2 Å². The Bertz CT molecular complexity index is 515. The average Bonchev–Trinajstić information content (AvgIpc) is 3.03. The third-order valence-corrected chi connectivity index (χ3v) is 3.58. The van der Waals surface area contributed by atoms with Crippen molar-refractivity contribution in [3.63, 3.8) is 0 Å². The highest BCUT2D eigenvalue weighted by atomic mass is 16.2. The van der Waals surface area contributed by atoms with Crippen LogP contribution in [0.3, 0.4) is 0 Å². The van der Waals surface area contributed by atoms with Gasteiger partial charge in [0.1, 0.15) is 5.56 Å². The highest BCUT2D eigenvalue weighted by Crippen LogP contribution is 2.27. The maximum absolute atomic E-state index is 11.9. The molecule has 4 heteroatoms. The maximum Gasteiger partial charge on any atom is 0.261 e. The average molecular weight is 232 g/mol. The number of pyridine rings is 1. The van der Waals surface area contributed by atoms with E-state index in [1.807, 2.05) is 0 Å². The molecule has 3 rings (SSSR count). The zero-order valence-electron chi connectivity index (χ0n) is 9.71. The minimum absolute atomic E-state index is 0.229. The first kappa shape index (κ1) is 10.6. The SMILES string of the molecule is O=C(NCC1CC1)c1cc2c([nH]c1=O)CCC2. The maximum atomic E-state index is 11.9. The first-order valence-corrected chi connectivity index (χ1v) is 6.27. The van der Waals surface area contributed by atoms with E-state index in [-0.39, 0.29) is 17.0 Å². The second-order valence-corrected chi connectivity index (χ2v) is 5.02. The summed E-state index contributed by atoms with van der Waals surface area (Å²) in [6.45, 7) is 0.704. The van der Waals surface area contributed by atoms with Crippen LogP contribution < -0.4 is 10.9 Å². The van der Waals surface area contributed by atoms with E-state index in [0.29, 0.717) is 12.5 Å². The molecule has 0 radical (unpaired) electrons. The predicted octanol–water partition coefficient (Wildman–Crippen LogP) is 1.00. The van der Waals surface area contributed by atoms with Crippen LogP contribution in [0.1, 0.15) is 40.9 Å². The van der Waals surface area contributed by atoms with Crippen molar-refractivity contribution in [2.75, 3.05) is 6.54 Å². The Labute approximate surface area is 99.4 Å². The number of H-pyrrole nitrogens is 1. The van der Waals surface area contributed by atoms with Gasteiger partial charge in [0.2, 0.25) is 0 Å². The minimum atomic E-state index is -0.251. The van der Waals surface area contributed by atoms with Crippen LogP contribution in [0.25, 0.3) is 0 Å². The number of aryl methyl sites for hydroxylation is 2. The molecule has 2 aliphatic carbocycles. The van der Waals surface area contributed by atoms with Crippen LogP contribution in [0.15, 0.2) is 10.9 Å². The third kappa shape index (κ3) is 2.12. The summed E-state index contributed by atoms with van der Waals surface area (Å²) in [7, 11) is 0. The number of fused-ring (bicyclic) bond motifs is 1. The van der Waals surface area contributed by atoms with Gasteiger partial charge >= 0.3 is 0 Å². The molecule has 1 aromatic heterocycles. The summed E-state index contributed by atoms with van der Waals surface area (Å²) >= 11 is 0. The van der Waals surface area contributed by atoms with Gasteiger partial charge in [0, 0.05) is 12.2 Å². The lowest BCUT2D eigenvalue weighted by atomic mass is 10.1. The molecule has 17 heavy (non-hydrogen) atoms. The molecule has 0 spiro atoms. The van der Waals surface area contributed by atoms with Crippen LogP contribution in [-0.2, 0) is 12.8 Å². The van der Waals surface area contributed by atoms with Gasteiger partial charge in [-0.15, -0.1) is 0 Å². The van der Waals surface area contributed by atoms with Gasteiger partial charge in [0.05, 0.1) is 0 Å². The molecule has 1 aromatic rings. The van der Waals surface area contributed by atoms with Gasteiger partial charge in [-0.3, -0.25) is 9.59 Å². The Hall–Kier alpha value is -1.58. The van der Waals surface area contributed by atoms with Gasteiger partial charge in [-0.1, -0.05) is 0 Å². The van der Waals surface area contributed by atoms with Gasteiger partial charge in [-0.05, 0) is 49.7 Å². The molecular weight excluding hydrogens is 216 g/mol. The Morgan fingerprint density at radius 3 is 3.00 bits per heavy atom. The minimum Gasteiger partial charge on any atom is -0.352 e. The third-order valence-electron chi connectivity index (χ3n) is 3.58. The van der Waals surface area contributed by atoms with Crippen molar-refractivity contribution in [1.29, 1.82) is 0 Å². The molecule has 0 bridgehead atoms. The van der Waals surface area contributed by atoms with Crippen LogP contribution in [0.5, 0.6) is 0 Å². The number of aromatic amines is 1. The summed E-state index contributed by atoms with van der Waals surface area (Å²) in [4.78, 5) is 26.5. The van der Waals surface area contributed by atoms with Crippen molar-refractivity contribution in [2.24, 2.45) is 5.92 Å². The zero-order chi connectivity index (χ0) is 11.8. The molecule has 2 N–H and O–H groups in total. The standard InChI is InChI=1S/C13H16N2O2/c16-12(14-7-8-4-5-8)10-6-9-2-1-3-11(9)15-13(10)17/h6,8H,1-5,7H2,(H,14,16)(H,15,17). The van der Waals surface area contributed by atoms with Gasteiger partial charge in [-0.25, -0.2) is 0 Å². The molecular formula is C13H16N2O2. The number of rotatable bonds is 3. The zero-order valence-corrected chi connectivity index (χ0v) is 9.71. The molecule has 2 aliphatic rings. The topological polar surface area (TPSA) is 62.0 Å². The van der Waals surface area contributed by atoms with Crippen molar-refractivity contribution in [3.8, 4) is 0 Å². The molecule has 1 amide bonds. The summed E-state index contributed by atoms with van der Waals surface area (Å²) in [5.41, 5.74) is 2.15. The predicted molar refractivity (Wildman–Crippen MR) is 64.1 cm³/mol. The smallest absolute Gasteiger partial charge is 0.261 e. The first-order chi connectivity index (χ1) is 8.24. The number of hydrogen-bond donors (Lipinski definition) is 2. The molecule has 1 heterocycles. The lowest BCUT2D eigenvalue weighted by molar-refractivity contribution is 0.0950. The lowest BCUT2D eigenvalue weighted by Gasteiger charge is -2.05. The number of carbonyl (C=O) groups is 1. The fourth-order valence-corrected chi connectivity index (χ4v) is 2.34. The molecule has 1 saturated carbocycles. The summed E-state index contributed by atoms with van der Waals surface area (Å²) < 4.78 is 0. The summed E-state index contributed by atoms with van der Waals surface area (Å²) in [6, 6.07) is 1.77. The highest BCUT2D eigenvalue weighted by Gasteiger charge is 2.23. The molecule has 1 fully saturated rings. The molecule has 0 aliphatic heterocycles. The van der Waals surface area contributed by atoms with Crippen LogP contribution in [-0.4, -0.2) is 17.4 Å². The number of nitrogens with one attached hydrogen (secondary N) is 2. The van der Waals surface area contributed by atoms with Gasteiger partial charge in [-0.2, -0.15) is 0 Å². The van der Waals surface area contributed by atoms with Crippen molar-refractivity contribution >= 4 is 5.91 Å². The van der Waals surface area contributed by atoms with Crippen LogP contribution >= 0.6 is 0 Å². The van der Waals surface area contributed by atoms with Gasteiger partial charge in [0.15, 0.2) is 0 Å².